The van der Waals surface area contributed by atoms with Crippen molar-refractivity contribution in [3.05, 3.63) is 54.1 Å². The van der Waals surface area contributed by atoms with E-state index in [1.165, 1.54) is 21.6 Å². The van der Waals surface area contributed by atoms with Crippen molar-refractivity contribution >= 4 is 17.7 Å². The Hall–Kier alpha value is -1.74. The van der Waals surface area contributed by atoms with Crippen LogP contribution in [0.3, 0.4) is 0 Å². The van der Waals surface area contributed by atoms with Crippen LogP contribution in [0.2, 0.25) is 0 Å². The fourth-order valence-electron chi connectivity index (χ4n) is 2.09. The molecule has 1 N–H and O–H groups in total. The van der Waals surface area contributed by atoms with Crippen molar-refractivity contribution in [3.8, 4) is 11.1 Å². The summed E-state index contributed by atoms with van der Waals surface area (Å²) in [5.74, 6) is -0.726. The topological polar surface area (TPSA) is 37.3 Å². The normalized spacial score (nSPS) is 10.4. The van der Waals surface area contributed by atoms with E-state index in [4.69, 9.17) is 5.11 Å². The second kappa shape index (κ2) is 7.15. The van der Waals surface area contributed by atoms with Crippen LogP contribution in [0.15, 0.2) is 53.4 Å². The van der Waals surface area contributed by atoms with Crippen LogP contribution in [0.25, 0.3) is 11.1 Å². The summed E-state index contributed by atoms with van der Waals surface area (Å²) >= 11 is 1.74. The summed E-state index contributed by atoms with van der Waals surface area (Å²) in [4.78, 5) is 11.7. The SMILES string of the molecule is CSc1ccc(-c2ccc(CCCC(=O)O)cc2)cc1. The van der Waals surface area contributed by atoms with E-state index in [1.54, 1.807) is 11.8 Å². The lowest BCUT2D eigenvalue weighted by Crippen LogP contribution is -1.95. The second-order valence-electron chi connectivity index (χ2n) is 4.67. The largest absolute Gasteiger partial charge is 0.481 e. The molecule has 0 aliphatic heterocycles. The number of hydrogen-bond acceptors (Lipinski definition) is 2. The van der Waals surface area contributed by atoms with Gasteiger partial charge in [-0.25, -0.2) is 0 Å². The van der Waals surface area contributed by atoms with Crippen molar-refractivity contribution < 1.29 is 9.90 Å². The zero-order valence-corrected chi connectivity index (χ0v) is 12.3. The van der Waals surface area contributed by atoms with Gasteiger partial charge in [0.05, 0.1) is 0 Å². The molecule has 104 valence electrons. The molecule has 0 bridgehead atoms. The molecule has 0 aromatic heterocycles. The van der Waals surface area contributed by atoms with E-state index in [0.29, 0.717) is 6.42 Å². The van der Waals surface area contributed by atoms with E-state index >= 15 is 0 Å². The molecule has 0 fully saturated rings. The smallest absolute Gasteiger partial charge is 0.303 e. The van der Waals surface area contributed by atoms with Gasteiger partial charge in [0.25, 0.3) is 0 Å². The number of aliphatic carboxylic acids is 1. The van der Waals surface area contributed by atoms with Gasteiger partial charge in [-0.3, -0.25) is 4.79 Å². The van der Waals surface area contributed by atoms with Crippen molar-refractivity contribution in [1.82, 2.24) is 0 Å². The average Bonchev–Trinajstić information content (AvgIpc) is 2.48. The second-order valence-corrected chi connectivity index (χ2v) is 5.55. The Morgan fingerprint density at radius 1 is 1.00 bits per heavy atom. The minimum atomic E-state index is -0.726. The Morgan fingerprint density at radius 3 is 2.05 bits per heavy atom. The molecule has 0 aliphatic rings. The predicted octanol–water partition coefficient (Wildman–Crippen LogP) is 4.48. The molecular formula is C17H18O2S. The Kier molecular flexibility index (Phi) is 5.24. The first-order valence-corrected chi connectivity index (χ1v) is 7.86. The summed E-state index contributed by atoms with van der Waals surface area (Å²) in [6.07, 6.45) is 3.81. The third-order valence-electron chi connectivity index (χ3n) is 3.23. The Bertz CT molecular complexity index is 559. The lowest BCUT2D eigenvalue weighted by molar-refractivity contribution is -0.137. The van der Waals surface area contributed by atoms with Gasteiger partial charge in [0.15, 0.2) is 0 Å². The monoisotopic (exact) mass is 286 g/mol. The minimum absolute atomic E-state index is 0.234. The summed E-state index contributed by atoms with van der Waals surface area (Å²) in [5, 5.41) is 8.63. The highest BCUT2D eigenvalue weighted by molar-refractivity contribution is 7.98. The van der Waals surface area contributed by atoms with Gasteiger partial charge in [0.1, 0.15) is 0 Å². The number of benzene rings is 2. The fourth-order valence-corrected chi connectivity index (χ4v) is 2.50. The number of carboxylic acid groups (broad SMARTS) is 1. The molecule has 0 unspecified atom stereocenters. The number of thioether (sulfide) groups is 1. The van der Waals surface area contributed by atoms with Crippen LogP contribution in [-0.4, -0.2) is 17.3 Å². The molecule has 2 rings (SSSR count). The number of carbonyl (C=O) groups is 1. The van der Waals surface area contributed by atoms with Gasteiger partial charge in [-0.05, 0) is 47.9 Å². The standard InChI is InChI=1S/C17H18O2S/c1-20-16-11-9-15(10-12-16)14-7-5-13(6-8-14)3-2-4-17(18)19/h5-12H,2-4H2,1H3,(H,18,19). The maximum absolute atomic E-state index is 10.5. The van der Waals surface area contributed by atoms with Crippen LogP contribution >= 0.6 is 11.8 Å². The van der Waals surface area contributed by atoms with Crippen LogP contribution in [0.1, 0.15) is 18.4 Å². The molecule has 20 heavy (non-hydrogen) atoms. The van der Waals surface area contributed by atoms with Crippen LogP contribution in [0.5, 0.6) is 0 Å². The van der Waals surface area contributed by atoms with E-state index in [2.05, 4.69) is 54.8 Å². The average molecular weight is 286 g/mol. The molecule has 0 saturated heterocycles. The molecule has 0 radical (unpaired) electrons. The van der Waals surface area contributed by atoms with Gasteiger partial charge in [-0.2, -0.15) is 0 Å². The molecule has 0 atom stereocenters. The van der Waals surface area contributed by atoms with E-state index in [-0.39, 0.29) is 6.42 Å². The highest BCUT2D eigenvalue weighted by atomic mass is 32.2. The van der Waals surface area contributed by atoms with Crippen LogP contribution in [-0.2, 0) is 11.2 Å². The van der Waals surface area contributed by atoms with Gasteiger partial charge in [0.2, 0.25) is 0 Å². The minimum Gasteiger partial charge on any atom is -0.481 e. The van der Waals surface area contributed by atoms with E-state index in [1.807, 2.05) is 0 Å². The highest BCUT2D eigenvalue weighted by Crippen LogP contribution is 2.23. The molecule has 3 heteroatoms. The molecule has 2 aromatic carbocycles. The number of aryl methyl sites for hydroxylation is 1. The van der Waals surface area contributed by atoms with Crippen molar-refractivity contribution in [1.29, 1.82) is 0 Å². The van der Waals surface area contributed by atoms with E-state index in [0.717, 1.165) is 6.42 Å². The summed E-state index contributed by atoms with van der Waals surface area (Å²) in [7, 11) is 0. The third-order valence-corrected chi connectivity index (χ3v) is 3.98. The molecule has 0 amide bonds. The summed E-state index contributed by atoms with van der Waals surface area (Å²) in [5.41, 5.74) is 3.59. The van der Waals surface area contributed by atoms with Crippen molar-refractivity contribution in [2.24, 2.45) is 0 Å². The van der Waals surface area contributed by atoms with E-state index in [9.17, 15) is 4.79 Å². The number of hydrogen-bond donors (Lipinski definition) is 1. The quantitative estimate of drug-likeness (QED) is 0.795. The molecule has 0 spiro atoms. The lowest BCUT2D eigenvalue weighted by atomic mass is 10.0. The van der Waals surface area contributed by atoms with Crippen LogP contribution in [0, 0.1) is 0 Å². The Morgan fingerprint density at radius 2 is 1.55 bits per heavy atom. The van der Waals surface area contributed by atoms with Gasteiger partial charge < -0.3 is 5.11 Å². The molecular weight excluding hydrogens is 268 g/mol. The molecule has 0 heterocycles. The molecule has 2 aromatic rings. The summed E-state index contributed by atoms with van der Waals surface area (Å²) in [6, 6.07) is 16.9. The van der Waals surface area contributed by atoms with Gasteiger partial charge in [-0.15, -0.1) is 11.8 Å². The first-order chi connectivity index (χ1) is 9.69. The maximum atomic E-state index is 10.5. The maximum Gasteiger partial charge on any atom is 0.303 e. The van der Waals surface area contributed by atoms with Crippen molar-refractivity contribution in [2.75, 3.05) is 6.26 Å². The Balaban J connectivity index is 2.01. The highest BCUT2D eigenvalue weighted by Gasteiger charge is 2.01. The zero-order valence-electron chi connectivity index (χ0n) is 11.5. The molecule has 2 nitrogen and oxygen atoms in total. The zero-order chi connectivity index (χ0) is 14.4. The fraction of sp³-hybridized carbons (Fsp3) is 0.235. The molecule has 0 saturated carbocycles. The van der Waals surface area contributed by atoms with Gasteiger partial charge in [0, 0.05) is 11.3 Å². The number of rotatable bonds is 6. The van der Waals surface area contributed by atoms with Crippen LogP contribution in [0.4, 0.5) is 0 Å². The van der Waals surface area contributed by atoms with Gasteiger partial charge in [-0.1, -0.05) is 36.4 Å². The third kappa shape index (κ3) is 4.14. The Labute approximate surface area is 123 Å². The number of carboxylic acids is 1. The van der Waals surface area contributed by atoms with Gasteiger partial charge >= 0.3 is 5.97 Å². The van der Waals surface area contributed by atoms with Crippen molar-refractivity contribution in [3.63, 3.8) is 0 Å². The predicted molar refractivity (Wildman–Crippen MR) is 84.2 cm³/mol. The first kappa shape index (κ1) is 14.7. The first-order valence-electron chi connectivity index (χ1n) is 6.64. The lowest BCUT2D eigenvalue weighted by Gasteiger charge is -2.05. The summed E-state index contributed by atoms with van der Waals surface area (Å²) < 4.78 is 0. The molecule has 0 aliphatic carbocycles. The van der Waals surface area contributed by atoms with Crippen LogP contribution < -0.4 is 0 Å². The summed E-state index contributed by atoms with van der Waals surface area (Å²) in [6.45, 7) is 0. The van der Waals surface area contributed by atoms with E-state index < -0.39 is 5.97 Å². The van der Waals surface area contributed by atoms with Crippen molar-refractivity contribution in [2.45, 2.75) is 24.2 Å².